The molecule has 1 aromatic heterocycles. The van der Waals surface area contributed by atoms with Crippen LogP contribution in [0.1, 0.15) is 48.3 Å². The molecule has 0 saturated carbocycles. The van der Waals surface area contributed by atoms with Crippen LogP contribution in [0.3, 0.4) is 0 Å². The number of rotatable bonds is 5. The molecule has 0 amide bonds. The van der Waals surface area contributed by atoms with E-state index in [0.29, 0.717) is 45.6 Å². The minimum absolute atomic E-state index is 0.00197. The van der Waals surface area contributed by atoms with Crippen LogP contribution in [0.4, 0.5) is 0 Å². The Bertz CT molecular complexity index is 1140. The predicted octanol–water partition coefficient (Wildman–Crippen LogP) is 5.79. The van der Waals surface area contributed by atoms with Crippen molar-refractivity contribution in [2.75, 3.05) is 0 Å². The van der Waals surface area contributed by atoms with E-state index in [-0.39, 0.29) is 16.7 Å². The maximum absolute atomic E-state index is 13.3. The van der Waals surface area contributed by atoms with Crippen molar-refractivity contribution < 1.29 is 19.8 Å². The number of benzene rings is 2. The van der Waals surface area contributed by atoms with Crippen LogP contribution in [-0.4, -0.2) is 26.7 Å². The molecule has 29 heavy (non-hydrogen) atoms. The standard InChI is InChI=1S/C22H21Cl2NO4/c1-4-9-22(3,21(28)29)19-12(2)25(18-8-6-14(26)11-15(18)19)20(27)13-5-7-16(23)17(24)10-13/h5-8,10-11,26H,4,9H2,1-3H3,(H,28,29)/t22-/m1/s1. The highest BCUT2D eigenvalue weighted by atomic mass is 35.5. The first kappa shape index (κ1) is 21.2. The summed E-state index contributed by atoms with van der Waals surface area (Å²) in [4.78, 5) is 25.6. The van der Waals surface area contributed by atoms with Crippen molar-refractivity contribution in [2.45, 2.75) is 39.0 Å². The summed E-state index contributed by atoms with van der Waals surface area (Å²) in [5, 5.41) is 21.2. The molecule has 2 N–H and O–H groups in total. The van der Waals surface area contributed by atoms with Crippen LogP contribution in [-0.2, 0) is 10.2 Å². The van der Waals surface area contributed by atoms with Crippen LogP contribution >= 0.6 is 23.2 Å². The van der Waals surface area contributed by atoms with Gasteiger partial charge in [-0.25, -0.2) is 0 Å². The number of phenols is 1. The van der Waals surface area contributed by atoms with E-state index in [1.54, 1.807) is 32.0 Å². The maximum Gasteiger partial charge on any atom is 0.313 e. The SMILES string of the molecule is CCC[C@@](C)(C(=O)O)c1c(C)n(C(=O)c2ccc(Cl)c(Cl)c2)c2ccc(O)cc12. The quantitative estimate of drug-likeness (QED) is 0.533. The molecule has 5 nitrogen and oxygen atoms in total. The van der Waals surface area contributed by atoms with Crippen LogP contribution in [0.5, 0.6) is 5.75 Å². The molecule has 0 aliphatic heterocycles. The van der Waals surface area contributed by atoms with E-state index in [2.05, 4.69) is 0 Å². The first-order valence-electron chi connectivity index (χ1n) is 9.19. The van der Waals surface area contributed by atoms with Crippen LogP contribution < -0.4 is 0 Å². The Kier molecular flexibility index (Phi) is 5.65. The second-order valence-electron chi connectivity index (χ2n) is 7.32. The molecule has 0 saturated heterocycles. The smallest absolute Gasteiger partial charge is 0.313 e. The second-order valence-corrected chi connectivity index (χ2v) is 8.13. The third kappa shape index (κ3) is 3.49. The van der Waals surface area contributed by atoms with Crippen LogP contribution in [0.15, 0.2) is 36.4 Å². The van der Waals surface area contributed by atoms with E-state index in [1.165, 1.54) is 22.8 Å². The maximum atomic E-state index is 13.3. The van der Waals surface area contributed by atoms with Crippen LogP contribution in [0.2, 0.25) is 10.0 Å². The fraction of sp³-hybridized carbons (Fsp3) is 0.273. The van der Waals surface area contributed by atoms with Gasteiger partial charge in [-0.1, -0.05) is 36.5 Å². The molecule has 152 valence electrons. The number of halogens is 2. The number of carboxylic acid groups (broad SMARTS) is 1. The molecule has 3 rings (SSSR count). The number of aromatic hydroxyl groups is 1. The van der Waals surface area contributed by atoms with E-state index in [4.69, 9.17) is 23.2 Å². The second kappa shape index (κ2) is 7.73. The summed E-state index contributed by atoms with van der Waals surface area (Å²) >= 11 is 12.0. The monoisotopic (exact) mass is 433 g/mol. The Morgan fingerprint density at radius 2 is 1.79 bits per heavy atom. The van der Waals surface area contributed by atoms with Gasteiger partial charge in [-0.15, -0.1) is 0 Å². The summed E-state index contributed by atoms with van der Waals surface area (Å²) in [6, 6.07) is 9.20. The van der Waals surface area contributed by atoms with E-state index >= 15 is 0 Å². The highest BCUT2D eigenvalue weighted by molar-refractivity contribution is 6.42. The first-order chi connectivity index (χ1) is 13.6. The zero-order valence-corrected chi connectivity index (χ0v) is 17.8. The minimum Gasteiger partial charge on any atom is -0.508 e. The summed E-state index contributed by atoms with van der Waals surface area (Å²) < 4.78 is 1.47. The lowest BCUT2D eigenvalue weighted by Gasteiger charge is -2.25. The molecule has 0 bridgehead atoms. The molecule has 3 aromatic rings. The number of aromatic nitrogens is 1. The molecular weight excluding hydrogens is 413 g/mol. The minimum atomic E-state index is -1.21. The largest absolute Gasteiger partial charge is 0.508 e. The fourth-order valence-corrected chi connectivity index (χ4v) is 4.26. The van der Waals surface area contributed by atoms with Gasteiger partial charge in [0.15, 0.2) is 0 Å². The zero-order chi connectivity index (χ0) is 21.5. The average Bonchev–Trinajstić information content (AvgIpc) is 2.94. The van der Waals surface area contributed by atoms with E-state index in [1.807, 2.05) is 6.92 Å². The lowest BCUT2D eigenvalue weighted by molar-refractivity contribution is -0.143. The van der Waals surface area contributed by atoms with Gasteiger partial charge in [-0.3, -0.25) is 14.2 Å². The third-order valence-corrected chi connectivity index (χ3v) is 6.07. The lowest BCUT2D eigenvalue weighted by Crippen LogP contribution is -2.33. The molecule has 0 spiro atoms. The van der Waals surface area contributed by atoms with Gasteiger partial charge in [0, 0.05) is 16.6 Å². The molecule has 0 aliphatic carbocycles. The zero-order valence-electron chi connectivity index (χ0n) is 16.3. The molecule has 0 fully saturated rings. The summed E-state index contributed by atoms with van der Waals surface area (Å²) in [5.74, 6) is -1.33. The average molecular weight is 434 g/mol. The van der Waals surface area contributed by atoms with Crippen molar-refractivity contribution >= 4 is 46.0 Å². The van der Waals surface area contributed by atoms with Gasteiger partial charge < -0.3 is 10.2 Å². The number of carboxylic acids is 1. The topological polar surface area (TPSA) is 79.5 Å². The van der Waals surface area contributed by atoms with Crippen molar-refractivity contribution in [2.24, 2.45) is 0 Å². The molecule has 0 aliphatic rings. The Morgan fingerprint density at radius 1 is 1.10 bits per heavy atom. The number of phenolic OH excluding ortho intramolecular Hbond substituents is 1. The Balaban J connectivity index is 2.34. The van der Waals surface area contributed by atoms with E-state index < -0.39 is 11.4 Å². The van der Waals surface area contributed by atoms with Gasteiger partial charge in [0.25, 0.3) is 5.91 Å². The van der Waals surface area contributed by atoms with Crippen molar-refractivity contribution in [3.63, 3.8) is 0 Å². The molecule has 1 atom stereocenters. The molecule has 1 heterocycles. The molecule has 0 radical (unpaired) electrons. The molecule has 2 aromatic carbocycles. The van der Waals surface area contributed by atoms with Gasteiger partial charge in [-0.05, 0) is 62.2 Å². The predicted molar refractivity (Wildman–Crippen MR) is 114 cm³/mol. The Morgan fingerprint density at radius 3 is 2.38 bits per heavy atom. The van der Waals surface area contributed by atoms with Gasteiger partial charge in [0.1, 0.15) is 5.75 Å². The number of hydrogen-bond donors (Lipinski definition) is 2. The van der Waals surface area contributed by atoms with Crippen molar-refractivity contribution in [1.29, 1.82) is 0 Å². The van der Waals surface area contributed by atoms with E-state index in [0.717, 1.165) is 0 Å². The van der Waals surface area contributed by atoms with Crippen LogP contribution in [0.25, 0.3) is 10.9 Å². The summed E-state index contributed by atoms with van der Waals surface area (Å²) in [7, 11) is 0. The first-order valence-corrected chi connectivity index (χ1v) is 9.95. The summed E-state index contributed by atoms with van der Waals surface area (Å²) in [5.41, 5.74) is 0.668. The number of carbonyl (C=O) groups excluding carboxylic acids is 1. The number of carbonyl (C=O) groups is 2. The summed E-state index contributed by atoms with van der Waals surface area (Å²) in [6.07, 6.45) is 1.04. The van der Waals surface area contributed by atoms with Crippen molar-refractivity contribution in [1.82, 2.24) is 4.57 Å². The van der Waals surface area contributed by atoms with Gasteiger partial charge in [0.05, 0.1) is 21.0 Å². The fourth-order valence-electron chi connectivity index (χ4n) is 3.96. The highest BCUT2D eigenvalue weighted by Crippen LogP contribution is 2.40. The van der Waals surface area contributed by atoms with Crippen LogP contribution in [0, 0.1) is 6.92 Å². The van der Waals surface area contributed by atoms with Crippen molar-refractivity contribution in [3.05, 3.63) is 63.3 Å². The van der Waals surface area contributed by atoms with Crippen molar-refractivity contribution in [3.8, 4) is 5.75 Å². The summed E-state index contributed by atoms with van der Waals surface area (Å²) in [6.45, 7) is 5.28. The number of nitrogens with zero attached hydrogens (tertiary/aromatic N) is 1. The Labute approximate surface area is 178 Å². The van der Waals surface area contributed by atoms with Gasteiger partial charge >= 0.3 is 5.97 Å². The molecular formula is C22H21Cl2NO4. The van der Waals surface area contributed by atoms with Gasteiger partial charge in [0.2, 0.25) is 0 Å². The molecule has 7 heteroatoms. The lowest BCUT2D eigenvalue weighted by atomic mass is 9.77. The third-order valence-electron chi connectivity index (χ3n) is 5.33. The normalized spacial score (nSPS) is 13.4. The van der Waals surface area contributed by atoms with E-state index in [9.17, 15) is 19.8 Å². The van der Waals surface area contributed by atoms with Gasteiger partial charge in [-0.2, -0.15) is 0 Å². The highest BCUT2D eigenvalue weighted by Gasteiger charge is 2.39. The number of hydrogen-bond acceptors (Lipinski definition) is 3. The Hall–Kier alpha value is -2.50. The molecule has 0 unspecified atom stereocenters. The number of aliphatic carboxylic acids is 1. The number of fused-ring (bicyclic) bond motifs is 1.